The van der Waals surface area contributed by atoms with Crippen LogP contribution in [0.4, 0.5) is 13.2 Å². The number of rotatable bonds is 3. The van der Waals surface area contributed by atoms with Crippen molar-refractivity contribution >= 4 is 11.8 Å². The van der Waals surface area contributed by atoms with E-state index in [-0.39, 0.29) is 17.6 Å². The molecule has 0 saturated heterocycles. The molecule has 0 fully saturated rings. The molecular weight excluding hydrogens is 297 g/mol. The van der Waals surface area contributed by atoms with Crippen molar-refractivity contribution in [1.82, 2.24) is 0 Å². The molecule has 2 amide bonds. The molecule has 0 bridgehead atoms. The summed E-state index contributed by atoms with van der Waals surface area (Å²) in [6.07, 6.45) is -0.192. The standard InChI is InChI=1S/C15H13F3N2O2/c16-15(17,18)11-5-3-10(4-6-11)14(13(20)22)7-1-2-9(8-14)12(19)21/h1-7H,8H2,(H2,19,21)(H2,20,22). The predicted octanol–water partition coefficient (Wildman–Crippen LogP) is 1.80. The Morgan fingerprint density at radius 1 is 1.09 bits per heavy atom. The molecular formula is C15H13F3N2O2. The molecule has 4 N–H and O–H groups in total. The second-order valence-electron chi connectivity index (χ2n) is 5.00. The van der Waals surface area contributed by atoms with E-state index in [2.05, 4.69) is 0 Å². The predicted molar refractivity (Wildman–Crippen MR) is 73.4 cm³/mol. The van der Waals surface area contributed by atoms with Crippen molar-refractivity contribution in [3.05, 3.63) is 59.2 Å². The molecule has 0 heterocycles. The van der Waals surface area contributed by atoms with Gasteiger partial charge in [-0.1, -0.05) is 30.4 Å². The van der Waals surface area contributed by atoms with Gasteiger partial charge in [0.1, 0.15) is 0 Å². The minimum absolute atomic E-state index is 0.0838. The Morgan fingerprint density at radius 2 is 1.68 bits per heavy atom. The maximum Gasteiger partial charge on any atom is 0.416 e. The van der Waals surface area contributed by atoms with Crippen LogP contribution < -0.4 is 11.5 Å². The van der Waals surface area contributed by atoms with E-state index in [4.69, 9.17) is 11.5 Å². The lowest BCUT2D eigenvalue weighted by molar-refractivity contribution is -0.137. The van der Waals surface area contributed by atoms with Crippen molar-refractivity contribution in [2.24, 2.45) is 11.5 Å². The number of hydrogen-bond acceptors (Lipinski definition) is 2. The zero-order valence-electron chi connectivity index (χ0n) is 11.4. The van der Waals surface area contributed by atoms with Crippen LogP contribution in [0.2, 0.25) is 0 Å². The molecule has 1 unspecified atom stereocenters. The quantitative estimate of drug-likeness (QED) is 0.892. The first-order valence-electron chi connectivity index (χ1n) is 6.33. The van der Waals surface area contributed by atoms with E-state index in [1.165, 1.54) is 30.4 Å². The summed E-state index contributed by atoms with van der Waals surface area (Å²) in [5, 5.41) is 0. The van der Waals surface area contributed by atoms with Gasteiger partial charge < -0.3 is 11.5 Å². The first-order chi connectivity index (χ1) is 10.2. The van der Waals surface area contributed by atoms with Gasteiger partial charge in [0.2, 0.25) is 11.8 Å². The molecule has 7 heteroatoms. The van der Waals surface area contributed by atoms with Gasteiger partial charge in [0.15, 0.2) is 0 Å². The molecule has 1 aromatic rings. The number of hydrogen-bond donors (Lipinski definition) is 2. The van der Waals surface area contributed by atoms with E-state index in [1.54, 1.807) is 0 Å². The molecule has 1 aliphatic carbocycles. The molecule has 2 rings (SSSR count). The summed E-state index contributed by atoms with van der Waals surface area (Å²) in [5.41, 5.74) is 8.87. The summed E-state index contributed by atoms with van der Waals surface area (Å²) in [4.78, 5) is 23.2. The normalized spacial score (nSPS) is 21.3. The summed E-state index contributed by atoms with van der Waals surface area (Å²) < 4.78 is 37.8. The highest BCUT2D eigenvalue weighted by molar-refractivity contribution is 5.97. The average Bonchev–Trinajstić information content (AvgIpc) is 2.46. The Bertz CT molecular complexity index is 675. The van der Waals surface area contributed by atoms with Crippen molar-refractivity contribution in [2.45, 2.75) is 18.0 Å². The number of nitrogens with two attached hydrogens (primary N) is 2. The lowest BCUT2D eigenvalue weighted by atomic mass is 9.72. The van der Waals surface area contributed by atoms with E-state index >= 15 is 0 Å². The molecule has 4 nitrogen and oxygen atoms in total. The number of carbonyl (C=O) groups is 2. The summed E-state index contributed by atoms with van der Waals surface area (Å²) in [6, 6.07) is 4.11. The van der Waals surface area contributed by atoms with Crippen LogP contribution in [0.1, 0.15) is 17.5 Å². The zero-order chi connectivity index (χ0) is 16.5. The molecule has 0 saturated carbocycles. The van der Waals surface area contributed by atoms with Crippen LogP contribution in [-0.2, 0) is 21.2 Å². The second-order valence-corrected chi connectivity index (χ2v) is 5.00. The molecule has 1 aliphatic rings. The Balaban J connectivity index is 2.46. The summed E-state index contributed by atoms with van der Waals surface area (Å²) in [5.74, 6) is -1.47. The lowest BCUT2D eigenvalue weighted by Crippen LogP contribution is -2.42. The second kappa shape index (κ2) is 5.32. The first kappa shape index (κ1) is 15.8. The lowest BCUT2D eigenvalue weighted by Gasteiger charge is -2.30. The number of allylic oxidation sites excluding steroid dienone is 2. The highest BCUT2D eigenvalue weighted by Crippen LogP contribution is 2.37. The van der Waals surface area contributed by atoms with Crippen LogP contribution >= 0.6 is 0 Å². The van der Waals surface area contributed by atoms with Gasteiger partial charge in [-0.3, -0.25) is 9.59 Å². The number of primary amides is 2. The van der Waals surface area contributed by atoms with Crippen molar-refractivity contribution in [2.75, 3.05) is 0 Å². The monoisotopic (exact) mass is 310 g/mol. The minimum Gasteiger partial charge on any atom is -0.369 e. The van der Waals surface area contributed by atoms with Gasteiger partial charge >= 0.3 is 6.18 Å². The van der Waals surface area contributed by atoms with Gasteiger partial charge in [-0.05, 0) is 24.1 Å². The van der Waals surface area contributed by atoms with Crippen LogP contribution in [0.15, 0.2) is 48.1 Å². The minimum atomic E-state index is -4.47. The molecule has 0 radical (unpaired) electrons. The van der Waals surface area contributed by atoms with Crippen molar-refractivity contribution in [3.8, 4) is 0 Å². The Morgan fingerprint density at radius 3 is 2.14 bits per heavy atom. The van der Waals surface area contributed by atoms with Gasteiger partial charge in [-0.15, -0.1) is 0 Å². The third-order valence-electron chi connectivity index (χ3n) is 3.63. The van der Waals surface area contributed by atoms with Gasteiger partial charge in [-0.2, -0.15) is 13.2 Å². The van der Waals surface area contributed by atoms with Gasteiger partial charge in [-0.25, -0.2) is 0 Å². The Hall–Kier alpha value is -2.57. The van der Waals surface area contributed by atoms with Crippen molar-refractivity contribution in [3.63, 3.8) is 0 Å². The fourth-order valence-electron chi connectivity index (χ4n) is 2.38. The zero-order valence-corrected chi connectivity index (χ0v) is 11.4. The van der Waals surface area contributed by atoms with Crippen molar-refractivity contribution in [1.29, 1.82) is 0 Å². The largest absolute Gasteiger partial charge is 0.416 e. The van der Waals surface area contributed by atoms with Gasteiger partial charge in [0.25, 0.3) is 0 Å². The number of halogens is 3. The number of alkyl halides is 3. The summed E-state index contributed by atoms with van der Waals surface area (Å²) in [7, 11) is 0. The maximum absolute atomic E-state index is 12.6. The van der Waals surface area contributed by atoms with Crippen LogP contribution in [0, 0.1) is 0 Å². The van der Waals surface area contributed by atoms with Crippen molar-refractivity contribution < 1.29 is 22.8 Å². The molecule has 22 heavy (non-hydrogen) atoms. The first-order valence-corrected chi connectivity index (χ1v) is 6.33. The Kier molecular flexibility index (Phi) is 3.83. The fraction of sp³-hybridized carbons (Fsp3) is 0.200. The summed E-state index contributed by atoms with van der Waals surface area (Å²) in [6.45, 7) is 0. The number of carbonyl (C=O) groups excluding carboxylic acids is 2. The molecule has 0 aliphatic heterocycles. The molecule has 1 atom stereocenters. The molecule has 0 aromatic heterocycles. The SMILES string of the molecule is NC(=O)C1=CC=CC(C(N)=O)(c2ccc(C(F)(F)F)cc2)C1. The maximum atomic E-state index is 12.6. The number of benzene rings is 1. The highest BCUT2D eigenvalue weighted by atomic mass is 19.4. The molecule has 116 valence electrons. The molecule has 1 aromatic carbocycles. The van der Waals surface area contributed by atoms with E-state index < -0.39 is 29.0 Å². The van der Waals surface area contributed by atoms with Crippen LogP contribution in [-0.4, -0.2) is 11.8 Å². The summed E-state index contributed by atoms with van der Waals surface area (Å²) >= 11 is 0. The van der Waals surface area contributed by atoms with E-state index in [9.17, 15) is 22.8 Å². The average molecular weight is 310 g/mol. The third kappa shape index (κ3) is 2.74. The van der Waals surface area contributed by atoms with Crippen LogP contribution in [0.5, 0.6) is 0 Å². The van der Waals surface area contributed by atoms with E-state index in [1.807, 2.05) is 0 Å². The van der Waals surface area contributed by atoms with E-state index in [0.29, 0.717) is 0 Å². The third-order valence-corrected chi connectivity index (χ3v) is 3.63. The number of amides is 2. The highest BCUT2D eigenvalue weighted by Gasteiger charge is 2.40. The van der Waals surface area contributed by atoms with E-state index in [0.717, 1.165) is 12.1 Å². The van der Waals surface area contributed by atoms with Gasteiger partial charge in [0.05, 0.1) is 11.0 Å². The van der Waals surface area contributed by atoms with Crippen LogP contribution in [0.25, 0.3) is 0 Å². The van der Waals surface area contributed by atoms with Gasteiger partial charge in [0, 0.05) is 5.57 Å². The molecule has 0 spiro atoms. The topological polar surface area (TPSA) is 86.2 Å². The Labute approximate surface area is 124 Å². The van der Waals surface area contributed by atoms with Crippen LogP contribution in [0.3, 0.4) is 0 Å². The smallest absolute Gasteiger partial charge is 0.369 e. The fourth-order valence-corrected chi connectivity index (χ4v) is 2.38.